The molecule has 0 aromatic heterocycles. The summed E-state index contributed by atoms with van der Waals surface area (Å²) in [6.07, 6.45) is 4.31. The lowest BCUT2D eigenvalue weighted by atomic mass is 9.84. The molecule has 0 spiro atoms. The molecule has 0 nitrogen and oxygen atoms in total. The zero-order valence-corrected chi connectivity index (χ0v) is 15.3. The zero-order chi connectivity index (χ0) is 16.0. The van der Waals surface area contributed by atoms with Crippen molar-refractivity contribution in [2.24, 2.45) is 5.92 Å². The standard InChI is InChI=1S/C15H26.2C2H6/c1-8-10-14(9-2)15(12(5)6)13(7)11(3)4;2*1-2/h8,14H,1,9-10H2,2-7H3;2*1-2H3. The molecule has 0 aliphatic heterocycles. The van der Waals surface area contributed by atoms with E-state index >= 15 is 0 Å². The topological polar surface area (TPSA) is 0 Å². The highest BCUT2D eigenvalue weighted by Crippen LogP contribution is 2.30. The summed E-state index contributed by atoms with van der Waals surface area (Å²) < 4.78 is 0. The van der Waals surface area contributed by atoms with Crippen LogP contribution in [0.5, 0.6) is 0 Å². The van der Waals surface area contributed by atoms with Crippen LogP contribution in [0.15, 0.2) is 34.9 Å². The highest BCUT2D eigenvalue weighted by atomic mass is 14.2. The molecule has 0 heterocycles. The minimum absolute atomic E-state index is 0.641. The summed E-state index contributed by atoms with van der Waals surface area (Å²) >= 11 is 0. The van der Waals surface area contributed by atoms with Crippen molar-refractivity contribution in [3.8, 4) is 0 Å². The van der Waals surface area contributed by atoms with Gasteiger partial charge in [-0.3, -0.25) is 0 Å². The predicted octanol–water partition coefficient (Wildman–Crippen LogP) is 7.33. The summed E-state index contributed by atoms with van der Waals surface area (Å²) in [5, 5.41) is 0. The summed E-state index contributed by atoms with van der Waals surface area (Å²) in [4.78, 5) is 0. The lowest BCUT2D eigenvalue weighted by Crippen LogP contribution is -2.06. The fraction of sp³-hybridized carbons (Fsp3) is 0.684. The van der Waals surface area contributed by atoms with Gasteiger partial charge in [-0.15, -0.1) is 6.58 Å². The molecule has 19 heavy (non-hydrogen) atoms. The maximum Gasteiger partial charge on any atom is -0.0128 e. The van der Waals surface area contributed by atoms with Gasteiger partial charge in [0.2, 0.25) is 0 Å². The highest BCUT2D eigenvalue weighted by Gasteiger charge is 2.14. The Hall–Kier alpha value is -0.780. The molecule has 0 bridgehead atoms. The quantitative estimate of drug-likeness (QED) is 0.361. The van der Waals surface area contributed by atoms with Gasteiger partial charge >= 0.3 is 0 Å². The third-order valence-corrected chi connectivity index (χ3v) is 3.04. The van der Waals surface area contributed by atoms with Crippen LogP contribution < -0.4 is 0 Å². The Bertz CT molecular complexity index is 268. The Kier molecular flexibility index (Phi) is 18.8. The fourth-order valence-corrected chi connectivity index (χ4v) is 2.05. The second-order valence-electron chi connectivity index (χ2n) is 4.67. The van der Waals surface area contributed by atoms with Crippen LogP contribution >= 0.6 is 0 Å². The average Bonchev–Trinajstić information content (AvgIpc) is 2.41. The Morgan fingerprint density at radius 1 is 0.895 bits per heavy atom. The van der Waals surface area contributed by atoms with Crippen molar-refractivity contribution in [1.29, 1.82) is 0 Å². The van der Waals surface area contributed by atoms with Gasteiger partial charge < -0.3 is 0 Å². The van der Waals surface area contributed by atoms with Crippen LogP contribution in [-0.2, 0) is 0 Å². The number of rotatable bonds is 5. The molecule has 0 aromatic carbocycles. The van der Waals surface area contributed by atoms with Gasteiger partial charge in [-0.05, 0) is 64.5 Å². The van der Waals surface area contributed by atoms with Gasteiger partial charge in [0.15, 0.2) is 0 Å². The smallest absolute Gasteiger partial charge is 0.0128 e. The summed E-state index contributed by atoms with van der Waals surface area (Å²) in [7, 11) is 0. The molecule has 0 saturated carbocycles. The SMILES string of the molecule is C=CCC(CC)C(=C(C)C)C(C)=C(C)C.CC.CC. The van der Waals surface area contributed by atoms with Gasteiger partial charge in [-0.1, -0.05) is 51.8 Å². The lowest BCUT2D eigenvalue weighted by Gasteiger charge is -2.21. The molecule has 0 rings (SSSR count). The van der Waals surface area contributed by atoms with Crippen molar-refractivity contribution in [2.75, 3.05) is 0 Å². The third kappa shape index (κ3) is 9.76. The number of allylic oxidation sites excluding steroid dienone is 5. The van der Waals surface area contributed by atoms with E-state index in [-0.39, 0.29) is 0 Å². The Balaban J connectivity index is -0.000000579. The van der Waals surface area contributed by atoms with Gasteiger partial charge in [-0.25, -0.2) is 0 Å². The molecule has 0 saturated heterocycles. The van der Waals surface area contributed by atoms with E-state index in [2.05, 4.69) is 48.1 Å². The largest absolute Gasteiger partial charge is 0.103 e. The van der Waals surface area contributed by atoms with Crippen LogP contribution in [-0.4, -0.2) is 0 Å². The van der Waals surface area contributed by atoms with Crippen LogP contribution in [0.1, 0.15) is 82.1 Å². The molecule has 0 radical (unpaired) electrons. The number of hydrogen-bond acceptors (Lipinski definition) is 0. The van der Waals surface area contributed by atoms with Crippen LogP contribution in [0.25, 0.3) is 0 Å². The summed E-state index contributed by atoms with van der Waals surface area (Å²) in [6.45, 7) is 25.2. The third-order valence-electron chi connectivity index (χ3n) is 3.04. The van der Waals surface area contributed by atoms with Gasteiger partial charge in [-0.2, -0.15) is 0 Å². The minimum Gasteiger partial charge on any atom is -0.103 e. The van der Waals surface area contributed by atoms with Crippen LogP contribution in [0, 0.1) is 5.92 Å². The Morgan fingerprint density at radius 3 is 1.53 bits per heavy atom. The van der Waals surface area contributed by atoms with Crippen LogP contribution in [0.2, 0.25) is 0 Å². The molecular weight excluding hydrogens is 228 g/mol. The van der Waals surface area contributed by atoms with Gasteiger partial charge in [0.25, 0.3) is 0 Å². The van der Waals surface area contributed by atoms with Crippen LogP contribution in [0.4, 0.5) is 0 Å². The summed E-state index contributed by atoms with van der Waals surface area (Å²) in [6, 6.07) is 0. The van der Waals surface area contributed by atoms with Crippen molar-refractivity contribution in [3.05, 3.63) is 34.9 Å². The molecule has 0 aromatic rings. The molecule has 0 aliphatic rings. The molecule has 0 aliphatic carbocycles. The summed E-state index contributed by atoms with van der Waals surface area (Å²) in [5.41, 5.74) is 5.87. The minimum atomic E-state index is 0.641. The average molecular weight is 267 g/mol. The van der Waals surface area contributed by atoms with Gasteiger partial charge in [0.05, 0.1) is 0 Å². The first-order chi connectivity index (χ1) is 8.95. The molecule has 0 fully saturated rings. The van der Waals surface area contributed by atoms with E-state index in [0.717, 1.165) is 6.42 Å². The molecule has 114 valence electrons. The van der Waals surface area contributed by atoms with E-state index in [0.29, 0.717) is 5.92 Å². The van der Waals surface area contributed by atoms with Crippen molar-refractivity contribution >= 4 is 0 Å². The molecule has 1 atom stereocenters. The van der Waals surface area contributed by atoms with E-state index < -0.39 is 0 Å². The lowest BCUT2D eigenvalue weighted by molar-refractivity contribution is 0.600. The molecular formula is C19H38. The van der Waals surface area contributed by atoms with Crippen molar-refractivity contribution < 1.29 is 0 Å². The predicted molar refractivity (Wildman–Crippen MR) is 93.7 cm³/mol. The zero-order valence-electron chi connectivity index (χ0n) is 15.3. The van der Waals surface area contributed by atoms with Gasteiger partial charge in [0.1, 0.15) is 0 Å². The summed E-state index contributed by atoms with van der Waals surface area (Å²) in [5.74, 6) is 0.641. The number of hydrogen-bond donors (Lipinski definition) is 0. The monoisotopic (exact) mass is 266 g/mol. The van der Waals surface area contributed by atoms with Gasteiger partial charge in [0, 0.05) is 0 Å². The second-order valence-corrected chi connectivity index (χ2v) is 4.67. The first-order valence-electron chi connectivity index (χ1n) is 7.88. The Morgan fingerprint density at radius 2 is 1.32 bits per heavy atom. The van der Waals surface area contributed by atoms with E-state index in [4.69, 9.17) is 0 Å². The van der Waals surface area contributed by atoms with Crippen molar-refractivity contribution in [1.82, 2.24) is 0 Å². The first-order valence-corrected chi connectivity index (χ1v) is 7.88. The van der Waals surface area contributed by atoms with E-state index in [1.165, 1.54) is 28.7 Å². The van der Waals surface area contributed by atoms with E-state index in [1.807, 2.05) is 33.8 Å². The Labute approximate surface area is 123 Å². The maximum atomic E-state index is 3.86. The fourth-order valence-electron chi connectivity index (χ4n) is 2.05. The molecule has 0 amide bonds. The molecule has 1 unspecified atom stereocenters. The first kappa shape index (κ1) is 23.3. The van der Waals surface area contributed by atoms with E-state index in [1.54, 1.807) is 0 Å². The highest BCUT2D eigenvalue weighted by molar-refractivity contribution is 5.37. The van der Waals surface area contributed by atoms with Crippen molar-refractivity contribution in [3.63, 3.8) is 0 Å². The maximum absolute atomic E-state index is 3.86. The van der Waals surface area contributed by atoms with E-state index in [9.17, 15) is 0 Å². The van der Waals surface area contributed by atoms with Crippen LogP contribution in [0.3, 0.4) is 0 Å². The molecule has 0 N–H and O–H groups in total. The second kappa shape index (κ2) is 15.3. The normalized spacial score (nSPS) is 10.0. The molecule has 0 heteroatoms. The van der Waals surface area contributed by atoms with Crippen molar-refractivity contribution in [2.45, 2.75) is 82.1 Å².